The fraction of sp³-hybridized carbons (Fsp3) is 0.909. The number of hydrogen-bond acceptors (Lipinski definition) is 3. The van der Waals surface area contributed by atoms with E-state index in [9.17, 15) is 9.90 Å². The first-order chi connectivity index (χ1) is 7.22. The zero-order chi connectivity index (χ0) is 10.8. The average molecular weight is 212 g/mol. The molecule has 0 bridgehead atoms. The maximum Gasteiger partial charge on any atom is 0.239 e. The second-order valence-corrected chi connectivity index (χ2v) is 4.96. The third-order valence-corrected chi connectivity index (χ3v) is 4.11. The van der Waals surface area contributed by atoms with E-state index in [1.807, 2.05) is 0 Å². The SMILES string of the molecule is NNC(=O)C1CC2CCCCC2CC1O. The van der Waals surface area contributed by atoms with E-state index in [1.54, 1.807) is 0 Å². The molecule has 4 unspecified atom stereocenters. The summed E-state index contributed by atoms with van der Waals surface area (Å²) in [4.78, 5) is 11.5. The van der Waals surface area contributed by atoms with Crippen LogP contribution in [0.4, 0.5) is 0 Å². The predicted molar refractivity (Wildman–Crippen MR) is 56.5 cm³/mol. The molecule has 2 saturated carbocycles. The van der Waals surface area contributed by atoms with Crippen LogP contribution in [-0.4, -0.2) is 17.1 Å². The number of carbonyl (C=O) groups excluding carboxylic acids is 1. The molecule has 4 heteroatoms. The minimum atomic E-state index is -0.493. The average Bonchev–Trinajstić information content (AvgIpc) is 2.27. The van der Waals surface area contributed by atoms with Crippen LogP contribution < -0.4 is 11.3 Å². The zero-order valence-electron chi connectivity index (χ0n) is 8.98. The molecule has 0 saturated heterocycles. The molecule has 1 amide bonds. The minimum absolute atomic E-state index is 0.202. The Balaban J connectivity index is 2.01. The fourth-order valence-corrected chi connectivity index (χ4v) is 3.25. The molecule has 15 heavy (non-hydrogen) atoms. The second-order valence-electron chi connectivity index (χ2n) is 4.96. The Morgan fingerprint density at radius 2 is 1.80 bits per heavy atom. The van der Waals surface area contributed by atoms with Gasteiger partial charge in [-0.25, -0.2) is 5.84 Å². The molecule has 2 rings (SSSR count). The van der Waals surface area contributed by atoms with Crippen molar-refractivity contribution in [2.75, 3.05) is 0 Å². The highest BCUT2D eigenvalue weighted by Crippen LogP contribution is 2.42. The van der Waals surface area contributed by atoms with Gasteiger partial charge in [0.2, 0.25) is 5.91 Å². The van der Waals surface area contributed by atoms with E-state index in [1.165, 1.54) is 25.7 Å². The van der Waals surface area contributed by atoms with Gasteiger partial charge in [-0.1, -0.05) is 25.7 Å². The van der Waals surface area contributed by atoms with Crippen molar-refractivity contribution in [3.8, 4) is 0 Å². The lowest BCUT2D eigenvalue weighted by atomic mass is 9.66. The van der Waals surface area contributed by atoms with Gasteiger partial charge in [-0.2, -0.15) is 0 Å². The van der Waals surface area contributed by atoms with E-state index in [2.05, 4.69) is 5.43 Å². The van der Waals surface area contributed by atoms with Crippen molar-refractivity contribution >= 4 is 5.91 Å². The van der Waals surface area contributed by atoms with Gasteiger partial charge in [0.05, 0.1) is 12.0 Å². The molecule has 4 atom stereocenters. The van der Waals surface area contributed by atoms with Crippen LogP contribution in [0.2, 0.25) is 0 Å². The summed E-state index contributed by atoms with van der Waals surface area (Å²) in [6, 6.07) is 0. The summed E-state index contributed by atoms with van der Waals surface area (Å²) in [5, 5.41) is 9.89. The molecule has 2 fully saturated rings. The van der Waals surface area contributed by atoms with Gasteiger partial charge < -0.3 is 5.11 Å². The largest absolute Gasteiger partial charge is 0.392 e. The van der Waals surface area contributed by atoms with Crippen LogP contribution in [0.5, 0.6) is 0 Å². The van der Waals surface area contributed by atoms with Crippen molar-refractivity contribution < 1.29 is 9.90 Å². The van der Waals surface area contributed by atoms with E-state index in [-0.39, 0.29) is 11.8 Å². The molecule has 4 nitrogen and oxygen atoms in total. The van der Waals surface area contributed by atoms with E-state index in [0.29, 0.717) is 11.8 Å². The number of amides is 1. The van der Waals surface area contributed by atoms with Gasteiger partial charge in [-0.15, -0.1) is 0 Å². The summed E-state index contributed by atoms with van der Waals surface area (Å²) in [5.74, 6) is 5.90. The summed E-state index contributed by atoms with van der Waals surface area (Å²) in [6.45, 7) is 0. The number of rotatable bonds is 1. The third kappa shape index (κ3) is 2.16. The van der Waals surface area contributed by atoms with Crippen molar-refractivity contribution in [1.29, 1.82) is 0 Å². The summed E-state index contributed by atoms with van der Waals surface area (Å²) >= 11 is 0. The Kier molecular flexibility index (Phi) is 3.26. The molecule has 2 aliphatic rings. The molecule has 0 aromatic heterocycles. The Labute approximate surface area is 90.2 Å². The summed E-state index contributed by atoms with van der Waals surface area (Å²) in [6.07, 6.45) is 6.09. The second kappa shape index (κ2) is 4.49. The van der Waals surface area contributed by atoms with Crippen LogP contribution >= 0.6 is 0 Å². The summed E-state index contributed by atoms with van der Waals surface area (Å²) in [5.41, 5.74) is 2.16. The number of fused-ring (bicyclic) bond motifs is 1. The lowest BCUT2D eigenvalue weighted by molar-refractivity contribution is -0.133. The standard InChI is InChI=1S/C11H20N2O2/c12-13-11(15)9-5-7-3-1-2-4-8(7)6-10(9)14/h7-10,14H,1-6,12H2,(H,13,15). The number of aliphatic hydroxyl groups excluding tert-OH is 1. The maximum absolute atomic E-state index is 11.5. The van der Waals surface area contributed by atoms with Crippen molar-refractivity contribution in [2.45, 2.75) is 44.6 Å². The van der Waals surface area contributed by atoms with E-state index in [4.69, 9.17) is 5.84 Å². The summed E-state index contributed by atoms with van der Waals surface area (Å²) in [7, 11) is 0. The minimum Gasteiger partial charge on any atom is -0.392 e. The maximum atomic E-state index is 11.5. The number of carbonyl (C=O) groups is 1. The van der Waals surface area contributed by atoms with Crippen molar-refractivity contribution in [3.05, 3.63) is 0 Å². The first kappa shape index (κ1) is 10.9. The van der Waals surface area contributed by atoms with Crippen LogP contribution in [0, 0.1) is 17.8 Å². The lowest BCUT2D eigenvalue weighted by Crippen LogP contribution is -2.46. The quantitative estimate of drug-likeness (QED) is 0.337. The molecule has 0 spiro atoms. The number of nitrogens with two attached hydrogens (primary N) is 1. The molecule has 0 heterocycles. The van der Waals surface area contributed by atoms with E-state index < -0.39 is 6.10 Å². The Bertz CT molecular complexity index is 245. The van der Waals surface area contributed by atoms with Gasteiger partial charge in [-0.05, 0) is 24.7 Å². The first-order valence-corrected chi connectivity index (χ1v) is 5.91. The lowest BCUT2D eigenvalue weighted by Gasteiger charge is -2.41. The topological polar surface area (TPSA) is 75.3 Å². The fourth-order valence-electron chi connectivity index (χ4n) is 3.25. The van der Waals surface area contributed by atoms with Crippen LogP contribution in [-0.2, 0) is 4.79 Å². The predicted octanol–water partition coefficient (Wildman–Crippen LogP) is 0.554. The molecule has 0 aliphatic heterocycles. The van der Waals surface area contributed by atoms with Crippen molar-refractivity contribution in [2.24, 2.45) is 23.6 Å². The van der Waals surface area contributed by atoms with Crippen molar-refractivity contribution in [3.63, 3.8) is 0 Å². The van der Waals surface area contributed by atoms with Crippen molar-refractivity contribution in [1.82, 2.24) is 5.43 Å². The van der Waals surface area contributed by atoms with Gasteiger partial charge in [0, 0.05) is 0 Å². The monoisotopic (exact) mass is 212 g/mol. The number of hydrazine groups is 1. The Morgan fingerprint density at radius 3 is 2.40 bits per heavy atom. The Morgan fingerprint density at radius 1 is 1.20 bits per heavy atom. The normalized spacial score (nSPS) is 40.7. The molecule has 4 N–H and O–H groups in total. The molecule has 0 radical (unpaired) electrons. The molecule has 86 valence electrons. The van der Waals surface area contributed by atoms with Crippen LogP contribution in [0.15, 0.2) is 0 Å². The number of aliphatic hydroxyl groups is 1. The smallest absolute Gasteiger partial charge is 0.239 e. The highest BCUT2D eigenvalue weighted by molar-refractivity contribution is 5.78. The van der Waals surface area contributed by atoms with Gasteiger partial charge in [-0.3, -0.25) is 10.2 Å². The molecular formula is C11H20N2O2. The molecule has 0 aromatic rings. The van der Waals surface area contributed by atoms with Gasteiger partial charge in [0.1, 0.15) is 0 Å². The highest BCUT2D eigenvalue weighted by Gasteiger charge is 2.40. The van der Waals surface area contributed by atoms with Gasteiger partial charge in [0.15, 0.2) is 0 Å². The zero-order valence-corrected chi connectivity index (χ0v) is 8.98. The summed E-state index contributed by atoms with van der Waals surface area (Å²) < 4.78 is 0. The molecular weight excluding hydrogens is 192 g/mol. The van der Waals surface area contributed by atoms with Crippen LogP contribution in [0.25, 0.3) is 0 Å². The van der Waals surface area contributed by atoms with E-state index >= 15 is 0 Å². The van der Waals surface area contributed by atoms with Gasteiger partial charge >= 0.3 is 0 Å². The van der Waals surface area contributed by atoms with Crippen LogP contribution in [0.3, 0.4) is 0 Å². The highest BCUT2D eigenvalue weighted by atomic mass is 16.3. The number of hydrogen-bond donors (Lipinski definition) is 3. The number of nitrogens with one attached hydrogen (secondary N) is 1. The third-order valence-electron chi connectivity index (χ3n) is 4.11. The Hall–Kier alpha value is -0.610. The first-order valence-electron chi connectivity index (χ1n) is 5.91. The molecule has 2 aliphatic carbocycles. The van der Waals surface area contributed by atoms with Crippen LogP contribution in [0.1, 0.15) is 38.5 Å². The molecule has 0 aromatic carbocycles. The van der Waals surface area contributed by atoms with Gasteiger partial charge in [0.25, 0.3) is 0 Å². The van der Waals surface area contributed by atoms with E-state index in [0.717, 1.165) is 12.8 Å².